The van der Waals surface area contributed by atoms with E-state index in [0.717, 1.165) is 6.42 Å². The van der Waals surface area contributed by atoms with Crippen molar-refractivity contribution in [1.29, 1.82) is 0 Å². The fourth-order valence-electron chi connectivity index (χ4n) is 2.70. The van der Waals surface area contributed by atoms with Crippen molar-refractivity contribution in [2.45, 2.75) is 50.8 Å². The van der Waals surface area contributed by atoms with E-state index >= 15 is 0 Å². The smallest absolute Gasteiger partial charge is 0.479 e. The Morgan fingerprint density at radius 1 is 1.30 bits per heavy atom. The van der Waals surface area contributed by atoms with E-state index in [0.29, 0.717) is 12.4 Å². The van der Waals surface area contributed by atoms with Gasteiger partial charge in [0.15, 0.2) is 0 Å². The third-order valence-corrected chi connectivity index (χ3v) is 5.54. The van der Waals surface area contributed by atoms with Crippen LogP contribution in [0.4, 0.5) is 4.39 Å². The third-order valence-electron chi connectivity index (χ3n) is 5.23. The molecule has 1 saturated heterocycles. The van der Waals surface area contributed by atoms with Crippen LogP contribution in [0.3, 0.4) is 0 Å². The fourth-order valence-corrected chi connectivity index (χ4v) is 2.81. The van der Waals surface area contributed by atoms with Crippen LogP contribution in [0.25, 0.3) is 0 Å². The van der Waals surface area contributed by atoms with Crippen LogP contribution in [-0.4, -0.2) is 30.4 Å². The molecule has 2 fully saturated rings. The summed E-state index contributed by atoms with van der Waals surface area (Å²) in [6, 6.07) is 4.39. The number of benzene rings is 1. The van der Waals surface area contributed by atoms with E-state index in [1.807, 2.05) is 27.7 Å². The molecule has 3 rings (SSSR count). The lowest BCUT2D eigenvalue weighted by molar-refractivity contribution is 0.00578. The molecule has 2 N–H and O–H groups in total. The predicted octanol–water partition coefficient (Wildman–Crippen LogP) is 3.21. The Balaban J connectivity index is 1.59. The Morgan fingerprint density at radius 3 is 2.48 bits per heavy atom. The van der Waals surface area contributed by atoms with Gasteiger partial charge in [0.2, 0.25) is 0 Å². The molecule has 0 amide bonds. The van der Waals surface area contributed by atoms with Crippen LogP contribution < -0.4 is 10.5 Å². The van der Waals surface area contributed by atoms with Crippen LogP contribution in [0.5, 0.6) is 5.75 Å². The molecule has 2 atom stereocenters. The molecule has 2 aliphatic rings. The van der Waals surface area contributed by atoms with Gasteiger partial charge in [-0.05, 0) is 46.2 Å². The van der Waals surface area contributed by atoms with Gasteiger partial charge >= 0.3 is 7.12 Å². The zero-order valence-electron chi connectivity index (χ0n) is 13.9. The van der Waals surface area contributed by atoms with Gasteiger partial charge in [0.25, 0.3) is 0 Å². The molecule has 0 radical (unpaired) electrons. The van der Waals surface area contributed by atoms with E-state index in [4.69, 9.17) is 31.4 Å². The number of halogens is 2. The minimum absolute atomic E-state index is 0.0779. The summed E-state index contributed by atoms with van der Waals surface area (Å²) >= 11 is 5.66. The van der Waals surface area contributed by atoms with E-state index in [2.05, 4.69) is 0 Å². The molecule has 2 unspecified atom stereocenters. The first kappa shape index (κ1) is 17.0. The topological polar surface area (TPSA) is 53.7 Å². The molecule has 7 heteroatoms. The molecule has 0 bridgehead atoms. The highest BCUT2D eigenvalue weighted by Crippen LogP contribution is 2.50. The van der Waals surface area contributed by atoms with Crippen molar-refractivity contribution in [2.75, 3.05) is 6.61 Å². The average molecular weight is 342 g/mol. The Morgan fingerprint density at radius 2 is 1.91 bits per heavy atom. The zero-order chi connectivity index (χ0) is 17.0. The molecule has 4 nitrogen and oxygen atoms in total. The Kier molecular flexibility index (Phi) is 3.96. The SMILES string of the molecule is CC1(C)OB(C2(N)CC2COc2ccc(Cl)c(F)c2)OC1(C)C. The van der Waals surface area contributed by atoms with E-state index in [-0.39, 0.29) is 10.9 Å². The molecule has 1 aromatic carbocycles. The summed E-state index contributed by atoms with van der Waals surface area (Å²) in [7, 11) is -0.456. The predicted molar refractivity (Wildman–Crippen MR) is 88.0 cm³/mol. The highest BCUT2D eigenvalue weighted by Gasteiger charge is 2.68. The molecule has 1 aromatic rings. The highest BCUT2D eigenvalue weighted by atomic mass is 35.5. The van der Waals surface area contributed by atoms with Gasteiger partial charge in [-0.15, -0.1) is 0 Å². The first-order valence-corrected chi connectivity index (χ1v) is 8.15. The van der Waals surface area contributed by atoms with E-state index in [1.54, 1.807) is 6.07 Å². The summed E-state index contributed by atoms with van der Waals surface area (Å²) in [6.07, 6.45) is 0.750. The molecule has 1 aliphatic carbocycles. The summed E-state index contributed by atoms with van der Waals surface area (Å²) in [5, 5.41) is 0.0779. The number of rotatable bonds is 4. The summed E-state index contributed by atoms with van der Waals surface area (Å²) in [5.41, 5.74) is 5.06. The maximum atomic E-state index is 13.4. The largest absolute Gasteiger partial charge is 0.493 e. The van der Waals surface area contributed by atoms with E-state index in [9.17, 15) is 4.39 Å². The summed E-state index contributed by atoms with van der Waals surface area (Å²) in [4.78, 5) is 0. The van der Waals surface area contributed by atoms with Crippen LogP contribution in [0.15, 0.2) is 18.2 Å². The van der Waals surface area contributed by atoms with Gasteiger partial charge in [0, 0.05) is 12.0 Å². The molecule has 0 spiro atoms. The van der Waals surface area contributed by atoms with Crippen LogP contribution >= 0.6 is 11.6 Å². The van der Waals surface area contributed by atoms with Gasteiger partial charge in [0.1, 0.15) is 11.6 Å². The Hall–Kier alpha value is -0.815. The summed E-state index contributed by atoms with van der Waals surface area (Å²) in [6.45, 7) is 8.39. The van der Waals surface area contributed by atoms with Crippen molar-refractivity contribution >= 4 is 18.7 Å². The molecule has 23 heavy (non-hydrogen) atoms. The van der Waals surface area contributed by atoms with Crippen LogP contribution in [0.1, 0.15) is 34.1 Å². The van der Waals surface area contributed by atoms with Crippen LogP contribution in [-0.2, 0) is 9.31 Å². The maximum absolute atomic E-state index is 13.4. The van der Waals surface area contributed by atoms with Crippen molar-refractivity contribution < 1.29 is 18.4 Å². The van der Waals surface area contributed by atoms with Crippen molar-refractivity contribution in [1.82, 2.24) is 0 Å². The van der Waals surface area contributed by atoms with Gasteiger partial charge in [-0.1, -0.05) is 11.6 Å². The van der Waals surface area contributed by atoms with Crippen LogP contribution in [0, 0.1) is 11.7 Å². The molecular weight excluding hydrogens is 319 g/mol. The third kappa shape index (κ3) is 2.98. The molecule has 1 aliphatic heterocycles. The molecule has 0 aromatic heterocycles. The lowest BCUT2D eigenvalue weighted by Crippen LogP contribution is -2.46. The summed E-state index contributed by atoms with van der Waals surface area (Å²) < 4.78 is 31.1. The van der Waals surface area contributed by atoms with Crippen molar-refractivity contribution in [3.8, 4) is 5.75 Å². The standard InChI is InChI=1S/C16H22BClFNO3/c1-14(2)15(3,4)23-17(22-14)16(20)8-10(16)9-21-11-5-6-12(18)13(19)7-11/h5-7,10H,8-9,20H2,1-4H3. The van der Waals surface area contributed by atoms with Crippen molar-refractivity contribution in [3.05, 3.63) is 29.0 Å². The number of hydrogen-bond acceptors (Lipinski definition) is 4. The molecule has 126 valence electrons. The van der Waals surface area contributed by atoms with Crippen molar-refractivity contribution in [3.63, 3.8) is 0 Å². The minimum Gasteiger partial charge on any atom is -0.493 e. The molecular formula is C16H22BClFNO3. The van der Waals surface area contributed by atoms with Crippen LogP contribution in [0.2, 0.25) is 5.02 Å². The normalized spacial score (nSPS) is 31.3. The summed E-state index contributed by atoms with van der Waals surface area (Å²) in [5.74, 6) is 0.0518. The van der Waals surface area contributed by atoms with Gasteiger partial charge in [-0.25, -0.2) is 4.39 Å². The zero-order valence-corrected chi connectivity index (χ0v) is 14.6. The highest BCUT2D eigenvalue weighted by molar-refractivity contribution is 6.51. The molecule has 1 saturated carbocycles. The maximum Gasteiger partial charge on any atom is 0.479 e. The first-order chi connectivity index (χ1) is 10.6. The molecule has 1 heterocycles. The monoisotopic (exact) mass is 341 g/mol. The second kappa shape index (κ2) is 5.35. The first-order valence-electron chi connectivity index (χ1n) is 7.77. The van der Waals surface area contributed by atoms with Gasteiger partial charge in [0.05, 0.1) is 28.3 Å². The van der Waals surface area contributed by atoms with Crippen molar-refractivity contribution in [2.24, 2.45) is 11.7 Å². The van der Waals surface area contributed by atoms with E-state index in [1.165, 1.54) is 12.1 Å². The lowest BCUT2D eigenvalue weighted by Gasteiger charge is -2.32. The quantitative estimate of drug-likeness (QED) is 0.855. The lowest BCUT2D eigenvalue weighted by atomic mass is 9.74. The Labute approximate surface area is 141 Å². The van der Waals surface area contributed by atoms with Gasteiger partial charge in [-0.3, -0.25) is 0 Å². The van der Waals surface area contributed by atoms with E-state index < -0.39 is 29.6 Å². The fraction of sp³-hybridized carbons (Fsp3) is 0.625. The second-order valence-corrected chi connectivity index (χ2v) is 7.90. The number of hydrogen-bond donors (Lipinski definition) is 1. The number of nitrogens with two attached hydrogens (primary N) is 1. The van der Waals surface area contributed by atoms with Gasteiger partial charge < -0.3 is 19.8 Å². The average Bonchev–Trinajstić information content (AvgIpc) is 3.04. The second-order valence-electron chi connectivity index (χ2n) is 7.49. The Bertz CT molecular complexity index is 611. The number of ether oxygens (including phenoxy) is 1. The minimum atomic E-state index is -0.560. The van der Waals surface area contributed by atoms with Gasteiger partial charge in [-0.2, -0.15) is 0 Å².